The molecule has 2 aliphatic rings. The number of hydrogen-bond donors (Lipinski definition) is 1. The number of halogens is 3. The Hall–Kier alpha value is -1.95. The molecule has 27 heavy (non-hydrogen) atoms. The summed E-state index contributed by atoms with van der Waals surface area (Å²) >= 11 is 1.33. The predicted octanol–water partition coefficient (Wildman–Crippen LogP) is 5.40. The van der Waals surface area contributed by atoms with E-state index in [1.807, 2.05) is 12.1 Å². The zero-order valence-electron chi connectivity index (χ0n) is 14.9. The highest BCUT2D eigenvalue weighted by Crippen LogP contribution is 2.33. The van der Waals surface area contributed by atoms with E-state index in [1.165, 1.54) is 29.5 Å². The van der Waals surface area contributed by atoms with Crippen molar-refractivity contribution in [3.05, 3.63) is 64.1 Å². The lowest BCUT2D eigenvalue weighted by Crippen LogP contribution is -2.19. The van der Waals surface area contributed by atoms with Gasteiger partial charge in [-0.1, -0.05) is 30.4 Å². The number of anilines is 1. The normalized spacial score (nSPS) is 20.2. The lowest BCUT2D eigenvalue weighted by molar-refractivity contribution is -0.120. The number of carbonyl (C=O) groups excluding carboxylic acids is 1. The number of rotatable bonds is 4. The van der Waals surface area contributed by atoms with Crippen molar-refractivity contribution in [2.24, 2.45) is 5.92 Å². The summed E-state index contributed by atoms with van der Waals surface area (Å²) in [5, 5.41) is 0. The monoisotopic (exact) mass is 393 g/mol. The van der Waals surface area contributed by atoms with E-state index in [-0.39, 0.29) is 17.5 Å². The molecule has 0 heterocycles. The van der Waals surface area contributed by atoms with Crippen molar-refractivity contribution in [1.29, 1.82) is 0 Å². The van der Waals surface area contributed by atoms with Crippen molar-refractivity contribution >= 4 is 23.2 Å². The molecular weight excluding hydrogens is 371 g/mol. The van der Waals surface area contributed by atoms with E-state index < -0.39 is 11.7 Å². The van der Waals surface area contributed by atoms with Gasteiger partial charge in [0.15, 0.2) is 0 Å². The van der Waals surface area contributed by atoms with Gasteiger partial charge in [0.25, 0.3) is 0 Å². The standard InChI is InChI=1S/C21H22F3NOS/c22-21(23,24)16-7-3-8-17(11-10-16)27-13-20(26)15-6-1-4-14-5-2-9-19(25)18(14)12-15/h2-3,5,7,9-11,15H,1,4,6,8,12-13,25H2. The van der Waals surface area contributed by atoms with Crippen LogP contribution in [-0.4, -0.2) is 17.7 Å². The van der Waals surface area contributed by atoms with Gasteiger partial charge in [-0.05, 0) is 60.3 Å². The Labute approximate surface area is 161 Å². The Kier molecular flexibility index (Phi) is 6.15. The summed E-state index contributed by atoms with van der Waals surface area (Å²) < 4.78 is 38.3. The van der Waals surface area contributed by atoms with Crippen LogP contribution >= 0.6 is 11.8 Å². The highest BCUT2D eigenvalue weighted by atomic mass is 32.2. The first-order chi connectivity index (χ1) is 12.8. The lowest BCUT2D eigenvalue weighted by Gasteiger charge is -2.15. The molecule has 1 aromatic rings. The van der Waals surface area contributed by atoms with Crippen LogP contribution in [0.15, 0.2) is 53.0 Å². The van der Waals surface area contributed by atoms with Gasteiger partial charge in [-0.2, -0.15) is 13.2 Å². The van der Waals surface area contributed by atoms with Gasteiger partial charge in [0, 0.05) is 11.6 Å². The SMILES string of the molecule is Nc1cccc2c1CC(C(=O)CSC1=CC=C(C(F)(F)F)C=CC1)CCC2. The van der Waals surface area contributed by atoms with Crippen molar-refractivity contribution in [2.75, 3.05) is 11.5 Å². The Morgan fingerprint density at radius 3 is 2.85 bits per heavy atom. The topological polar surface area (TPSA) is 43.1 Å². The highest BCUT2D eigenvalue weighted by molar-refractivity contribution is 8.03. The van der Waals surface area contributed by atoms with E-state index in [0.29, 0.717) is 12.8 Å². The van der Waals surface area contributed by atoms with Gasteiger partial charge in [0.2, 0.25) is 0 Å². The van der Waals surface area contributed by atoms with Crippen molar-refractivity contribution in [2.45, 2.75) is 38.3 Å². The van der Waals surface area contributed by atoms with E-state index >= 15 is 0 Å². The molecule has 0 amide bonds. The van der Waals surface area contributed by atoms with Crippen LogP contribution in [0.25, 0.3) is 0 Å². The second-order valence-electron chi connectivity index (χ2n) is 6.89. The summed E-state index contributed by atoms with van der Waals surface area (Å²) in [6.07, 6.45) is 4.56. The zero-order valence-corrected chi connectivity index (χ0v) is 15.7. The van der Waals surface area contributed by atoms with Gasteiger partial charge in [-0.15, -0.1) is 11.8 Å². The predicted molar refractivity (Wildman–Crippen MR) is 104 cm³/mol. The van der Waals surface area contributed by atoms with Crippen LogP contribution in [0.1, 0.15) is 30.4 Å². The Balaban J connectivity index is 1.63. The molecule has 0 aliphatic heterocycles. The Bertz CT molecular complexity index is 808. The van der Waals surface area contributed by atoms with Gasteiger partial charge in [0.1, 0.15) is 5.78 Å². The molecule has 2 aliphatic carbocycles. The molecule has 3 rings (SSSR count). The molecule has 2 N–H and O–H groups in total. The van der Waals surface area contributed by atoms with Crippen molar-refractivity contribution < 1.29 is 18.0 Å². The van der Waals surface area contributed by atoms with Gasteiger partial charge in [-0.25, -0.2) is 0 Å². The number of hydrogen-bond acceptors (Lipinski definition) is 3. The minimum Gasteiger partial charge on any atom is -0.398 e. The summed E-state index contributed by atoms with van der Waals surface area (Å²) in [5.41, 5.74) is 8.47. The molecule has 1 atom stereocenters. The first kappa shape index (κ1) is 19.8. The highest BCUT2D eigenvalue weighted by Gasteiger charge is 2.31. The quantitative estimate of drug-likeness (QED) is 0.550. The number of benzene rings is 1. The van der Waals surface area contributed by atoms with Crippen LogP contribution < -0.4 is 5.73 Å². The van der Waals surface area contributed by atoms with Crippen molar-refractivity contribution in [3.8, 4) is 0 Å². The maximum Gasteiger partial charge on any atom is 0.416 e. The molecule has 0 saturated heterocycles. The van der Waals surface area contributed by atoms with Crippen molar-refractivity contribution in [1.82, 2.24) is 0 Å². The lowest BCUT2D eigenvalue weighted by atomic mass is 9.93. The van der Waals surface area contributed by atoms with E-state index in [2.05, 4.69) is 6.07 Å². The molecule has 1 aromatic carbocycles. The Morgan fingerprint density at radius 1 is 1.26 bits per heavy atom. The number of thioether (sulfide) groups is 1. The average Bonchev–Trinajstić information content (AvgIpc) is 2.98. The number of carbonyl (C=O) groups is 1. The van der Waals surface area contributed by atoms with Gasteiger partial charge in [0.05, 0.1) is 11.3 Å². The first-order valence-electron chi connectivity index (χ1n) is 9.01. The molecule has 1 unspecified atom stereocenters. The third-order valence-corrected chi connectivity index (χ3v) is 6.11. The maximum atomic E-state index is 12.8. The minimum absolute atomic E-state index is 0.0772. The Morgan fingerprint density at radius 2 is 2.07 bits per heavy atom. The van der Waals surface area contributed by atoms with Gasteiger partial charge in [-0.3, -0.25) is 4.79 Å². The van der Waals surface area contributed by atoms with Crippen LogP contribution in [-0.2, 0) is 17.6 Å². The molecule has 0 aromatic heterocycles. The average molecular weight is 393 g/mol. The third-order valence-electron chi connectivity index (χ3n) is 5.01. The van der Waals surface area contributed by atoms with Crippen LogP contribution in [0, 0.1) is 5.92 Å². The fourth-order valence-corrected chi connectivity index (χ4v) is 4.43. The van der Waals surface area contributed by atoms with E-state index in [9.17, 15) is 18.0 Å². The second-order valence-corrected chi connectivity index (χ2v) is 7.99. The molecule has 0 radical (unpaired) electrons. The molecular formula is C21H22F3NOS. The molecule has 6 heteroatoms. The summed E-state index contributed by atoms with van der Waals surface area (Å²) in [6.45, 7) is 0. The minimum atomic E-state index is -4.35. The zero-order chi connectivity index (χ0) is 19.4. The van der Waals surface area contributed by atoms with Crippen molar-refractivity contribution in [3.63, 3.8) is 0 Å². The number of fused-ring (bicyclic) bond motifs is 1. The van der Waals surface area contributed by atoms with E-state index in [4.69, 9.17) is 5.73 Å². The second kappa shape index (κ2) is 8.38. The summed E-state index contributed by atoms with van der Waals surface area (Å²) in [4.78, 5) is 13.5. The van der Waals surface area contributed by atoms with E-state index in [1.54, 1.807) is 0 Å². The number of nitrogen functional groups attached to an aromatic ring is 1. The molecule has 0 spiro atoms. The van der Waals surface area contributed by atoms with Gasteiger partial charge >= 0.3 is 6.18 Å². The summed E-state index contributed by atoms with van der Waals surface area (Å²) in [7, 11) is 0. The molecule has 0 saturated carbocycles. The number of Topliss-reactive ketones (excluding diaryl/α,β-unsaturated/α-hetero) is 1. The van der Waals surface area contributed by atoms with Crippen LogP contribution in [0.4, 0.5) is 18.9 Å². The van der Waals surface area contributed by atoms with Crippen LogP contribution in [0.5, 0.6) is 0 Å². The smallest absolute Gasteiger partial charge is 0.398 e. The van der Waals surface area contributed by atoms with E-state index in [0.717, 1.165) is 47.6 Å². The molecule has 0 bridgehead atoms. The number of ketones is 1. The first-order valence-corrected chi connectivity index (χ1v) is 9.99. The maximum absolute atomic E-state index is 12.8. The number of alkyl halides is 3. The summed E-state index contributed by atoms with van der Waals surface area (Å²) in [6, 6.07) is 5.88. The summed E-state index contributed by atoms with van der Waals surface area (Å²) in [5.74, 6) is 0.346. The molecule has 0 fully saturated rings. The van der Waals surface area contributed by atoms with Crippen LogP contribution in [0.2, 0.25) is 0 Å². The van der Waals surface area contributed by atoms with Crippen LogP contribution in [0.3, 0.4) is 0 Å². The van der Waals surface area contributed by atoms with Gasteiger partial charge < -0.3 is 5.73 Å². The largest absolute Gasteiger partial charge is 0.416 e. The molecule has 144 valence electrons. The number of allylic oxidation sites excluding steroid dienone is 6. The fraction of sp³-hybridized carbons (Fsp3) is 0.381. The fourth-order valence-electron chi connectivity index (χ4n) is 3.49. The third kappa shape index (κ3) is 5.06. The number of nitrogens with two attached hydrogens (primary N) is 1. The molecule has 2 nitrogen and oxygen atoms in total. The number of aryl methyl sites for hydroxylation is 1.